The molecule has 0 radical (unpaired) electrons. The van der Waals surface area contributed by atoms with Crippen molar-refractivity contribution >= 4 is 11.9 Å². The average Bonchev–Trinajstić information content (AvgIpc) is 2.92. The van der Waals surface area contributed by atoms with Gasteiger partial charge in [-0.3, -0.25) is 9.59 Å². The quantitative estimate of drug-likeness (QED) is 0.138. The van der Waals surface area contributed by atoms with E-state index in [4.69, 9.17) is 0 Å². The van der Waals surface area contributed by atoms with Gasteiger partial charge in [-0.1, -0.05) is 89.7 Å². The van der Waals surface area contributed by atoms with Crippen molar-refractivity contribution in [3.63, 3.8) is 0 Å². The lowest BCUT2D eigenvalue weighted by atomic mass is 9.98. The molecule has 1 atom stereocenters. The van der Waals surface area contributed by atoms with E-state index in [0.29, 0.717) is 6.42 Å². The van der Waals surface area contributed by atoms with E-state index in [1.54, 1.807) is 0 Å². The number of allylic oxidation sites excluding steroid dienone is 2. The van der Waals surface area contributed by atoms with Crippen LogP contribution in [0.4, 0.5) is 0 Å². The van der Waals surface area contributed by atoms with Gasteiger partial charge in [-0.05, 0) is 25.7 Å². The van der Waals surface area contributed by atoms with Gasteiger partial charge in [0.25, 0.3) is 0 Å². The average molecular weight is 351 g/mol. The van der Waals surface area contributed by atoms with Gasteiger partial charge in [0.2, 0.25) is 0 Å². The molecule has 0 spiro atoms. The molecule has 25 heavy (non-hydrogen) atoms. The summed E-state index contributed by atoms with van der Waals surface area (Å²) in [5.41, 5.74) is 0. The van der Waals surface area contributed by atoms with Crippen LogP contribution in [0.1, 0.15) is 110 Å². The number of hydrogen-bond acceptors (Lipinski definition) is 3. The van der Waals surface area contributed by atoms with Gasteiger partial charge < -0.3 is 4.74 Å². The van der Waals surface area contributed by atoms with Gasteiger partial charge in [0.05, 0.1) is 12.3 Å². The molecule has 1 rings (SSSR count). The summed E-state index contributed by atoms with van der Waals surface area (Å²) >= 11 is 0. The van der Waals surface area contributed by atoms with Crippen molar-refractivity contribution in [3.05, 3.63) is 12.2 Å². The summed E-state index contributed by atoms with van der Waals surface area (Å²) in [5, 5.41) is 0. The lowest BCUT2D eigenvalue weighted by Gasteiger charge is -2.04. The molecule has 1 heterocycles. The maximum Gasteiger partial charge on any atom is 0.317 e. The molecule has 1 fully saturated rings. The van der Waals surface area contributed by atoms with Crippen LogP contribution < -0.4 is 0 Å². The Morgan fingerprint density at radius 2 is 1.32 bits per heavy atom. The normalized spacial score (nSPS) is 17.6. The molecule has 0 N–H and O–H groups in total. The highest BCUT2D eigenvalue weighted by Gasteiger charge is 2.32. The van der Waals surface area contributed by atoms with Gasteiger partial charge in [-0.15, -0.1) is 0 Å². The minimum atomic E-state index is -0.345. The van der Waals surface area contributed by atoms with E-state index in [9.17, 15) is 9.59 Å². The molecular formula is C22H38O3. The molecule has 0 aliphatic carbocycles. The van der Waals surface area contributed by atoms with Crippen molar-refractivity contribution in [2.45, 2.75) is 110 Å². The van der Waals surface area contributed by atoms with Crippen molar-refractivity contribution < 1.29 is 14.3 Å². The van der Waals surface area contributed by atoms with Crippen LogP contribution in [0.25, 0.3) is 0 Å². The minimum absolute atomic E-state index is 0.158. The fourth-order valence-electron chi connectivity index (χ4n) is 3.37. The first-order chi connectivity index (χ1) is 12.2. The van der Waals surface area contributed by atoms with Crippen LogP contribution in [0.15, 0.2) is 12.2 Å². The van der Waals surface area contributed by atoms with Gasteiger partial charge >= 0.3 is 11.9 Å². The third-order valence-electron chi connectivity index (χ3n) is 5.03. The first kappa shape index (κ1) is 21.9. The highest BCUT2D eigenvalue weighted by molar-refractivity contribution is 5.94. The fourth-order valence-corrected chi connectivity index (χ4v) is 3.37. The Morgan fingerprint density at radius 3 is 1.84 bits per heavy atom. The van der Waals surface area contributed by atoms with Crippen LogP contribution in [0, 0.1) is 5.92 Å². The summed E-state index contributed by atoms with van der Waals surface area (Å²) in [5.74, 6) is -0.807. The van der Waals surface area contributed by atoms with E-state index >= 15 is 0 Å². The van der Waals surface area contributed by atoms with Crippen molar-refractivity contribution in [2.24, 2.45) is 5.92 Å². The zero-order valence-electron chi connectivity index (χ0n) is 16.3. The molecule has 1 saturated heterocycles. The topological polar surface area (TPSA) is 43.4 Å². The van der Waals surface area contributed by atoms with Gasteiger partial charge in [0.15, 0.2) is 0 Å². The zero-order valence-corrected chi connectivity index (χ0v) is 16.3. The molecule has 0 aromatic rings. The predicted octanol–water partition coefficient (Wildman–Crippen LogP) is 6.50. The van der Waals surface area contributed by atoms with Gasteiger partial charge in [-0.2, -0.15) is 0 Å². The number of ether oxygens (including phenoxy) is 1. The second-order valence-electron chi connectivity index (χ2n) is 7.42. The predicted molar refractivity (Wildman–Crippen MR) is 103 cm³/mol. The second-order valence-corrected chi connectivity index (χ2v) is 7.42. The summed E-state index contributed by atoms with van der Waals surface area (Å²) in [6.45, 7) is 2.24. The van der Waals surface area contributed by atoms with E-state index in [1.807, 2.05) is 0 Å². The third-order valence-corrected chi connectivity index (χ3v) is 5.03. The van der Waals surface area contributed by atoms with Crippen LogP contribution in [-0.4, -0.2) is 11.9 Å². The van der Waals surface area contributed by atoms with Gasteiger partial charge in [-0.25, -0.2) is 0 Å². The highest BCUT2D eigenvalue weighted by atomic mass is 16.6. The van der Waals surface area contributed by atoms with Crippen LogP contribution in [0.5, 0.6) is 0 Å². The Labute approximate surface area is 154 Å². The summed E-state index contributed by atoms with van der Waals surface area (Å²) in [6.07, 6.45) is 23.8. The van der Waals surface area contributed by atoms with E-state index in [1.165, 1.54) is 83.5 Å². The van der Waals surface area contributed by atoms with E-state index in [0.717, 1.165) is 12.8 Å². The number of carbonyl (C=O) groups excluding carboxylic acids is 2. The minimum Gasteiger partial charge on any atom is -0.393 e. The molecule has 0 aromatic heterocycles. The maximum absolute atomic E-state index is 11.3. The van der Waals surface area contributed by atoms with Crippen molar-refractivity contribution in [3.8, 4) is 0 Å². The van der Waals surface area contributed by atoms with Crippen molar-refractivity contribution in [1.29, 1.82) is 0 Å². The van der Waals surface area contributed by atoms with E-state index in [-0.39, 0.29) is 17.9 Å². The number of hydrogen-bond donors (Lipinski definition) is 0. The number of unbranched alkanes of at least 4 members (excludes halogenated alkanes) is 12. The van der Waals surface area contributed by atoms with Crippen LogP contribution in [-0.2, 0) is 14.3 Å². The Balaban J connectivity index is 1.75. The smallest absolute Gasteiger partial charge is 0.317 e. The van der Waals surface area contributed by atoms with Crippen molar-refractivity contribution in [1.82, 2.24) is 0 Å². The van der Waals surface area contributed by atoms with Crippen LogP contribution >= 0.6 is 0 Å². The summed E-state index contributed by atoms with van der Waals surface area (Å²) in [6, 6.07) is 0. The summed E-state index contributed by atoms with van der Waals surface area (Å²) in [4.78, 5) is 22.3. The lowest BCUT2D eigenvalue weighted by molar-refractivity contribution is -0.153. The molecule has 0 aromatic carbocycles. The molecule has 0 bridgehead atoms. The zero-order chi connectivity index (χ0) is 18.2. The molecule has 1 unspecified atom stereocenters. The van der Waals surface area contributed by atoms with E-state index in [2.05, 4.69) is 23.8 Å². The molecule has 1 aliphatic heterocycles. The third kappa shape index (κ3) is 12.0. The standard InChI is InChI=1S/C22H38O3/c1-2-3-4-5-6-7-8-9-10-11-12-13-14-15-16-17-18-20-19-21(23)25-22(20)24/h5-6,20H,2-4,7-19H2,1H3. The highest BCUT2D eigenvalue weighted by Crippen LogP contribution is 2.22. The number of cyclic esters (lactones) is 2. The molecular weight excluding hydrogens is 312 g/mol. The van der Waals surface area contributed by atoms with Crippen LogP contribution in [0.3, 0.4) is 0 Å². The lowest BCUT2D eigenvalue weighted by Crippen LogP contribution is -2.06. The first-order valence-corrected chi connectivity index (χ1v) is 10.6. The van der Waals surface area contributed by atoms with Gasteiger partial charge in [0, 0.05) is 0 Å². The molecule has 0 saturated carbocycles. The fraction of sp³-hybridized carbons (Fsp3) is 0.818. The number of carbonyl (C=O) groups is 2. The Morgan fingerprint density at radius 1 is 0.800 bits per heavy atom. The molecule has 144 valence electrons. The number of esters is 2. The second kappa shape index (κ2) is 15.2. The monoisotopic (exact) mass is 350 g/mol. The molecule has 1 aliphatic rings. The van der Waals surface area contributed by atoms with Gasteiger partial charge in [0.1, 0.15) is 0 Å². The first-order valence-electron chi connectivity index (χ1n) is 10.6. The Hall–Kier alpha value is -1.12. The molecule has 3 nitrogen and oxygen atoms in total. The van der Waals surface area contributed by atoms with Crippen molar-refractivity contribution in [2.75, 3.05) is 0 Å². The number of rotatable bonds is 16. The Kier molecular flexibility index (Phi) is 13.3. The van der Waals surface area contributed by atoms with Crippen LogP contribution in [0.2, 0.25) is 0 Å². The molecule has 3 heteroatoms. The SMILES string of the molecule is CCCCC=CCCCCCCCCCCCCC1CC(=O)OC1=O. The summed E-state index contributed by atoms with van der Waals surface area (Å²) < 4.78 is 4.57. The Bertz CT molecular complexity index is 387. The largest absolute Gasteiger partial charge is 0.393 e. The maximum atomic E-state index is 11.3. The molecule has 0 amide bonds. The summed E-state index contributed by atoms with van der Waals surface area (Å²) in [7, 11) is 0. The van der Waals surface area contributed by atoms with E-state index < -0.39 is 0 Å².